The number of rotatable bonds is 12. The van der Waals surface area contributed by atoms with Gasteiger partial charge in [-0.15, -0.1) is 10.2 Å². The van der Waals surface area contributed by atoms with E-state index in [-0.39, 0.29) is 24.1 Å². The number of carboxylic acid groups (broad SMARTS) is 1. The number of aliphatic carboxylic acids is 1. The lowest BCUT2D eigenvalue weighted by Gasteiger charge is -2.19. The highest BCUT2D eigenvalue weighted by Crippen LogP contribution is 2.30. The lowest BCUT2D eigenvalue weighted by Crippen LogP contribution is -2.30. The monoisotopic (exact) mass is 472 g/mol. The summed E-state index contributed by atoms with van der Waals surface area (Å²) in [5.41, 5.74) is 0.960. The van der Waals surface area contributed by atoms with Gasteiger partial charge in [0.25, 0.3) is 0 Å². The zero-order valence-corrected chi connectivity index (χ0v) is 19.4. The van der Waals surface area contributed by atoms with Gasteiger partial charge in [0.2, 0.25) is 5.91 Å². The van der Waals surface area contributed by atoms with E-state index in [4.69, 9.17) is 28.3 Å². The summed E-state index contributed by atoms with van der Waals surface area (Å²) in [4.78, 5) is 23.6. The Morgan fingerprint density at radius 3 is 2.63 bits per heavy atom. The molecule has 1 amide bonds. The molecular formula is C20H26Cl2N4O3S. The van der Waals surface area contributed by atoms with Crippen molar-refractivity contribution in [2.45, 2.75) is 57.1 Å². The maximum Gasteiger partial charge on any atom is 0.323 e. The molecule has 2 aromatic rings. The number of nitrogens with zero attached hydrogens (tertiary/aromatic N) is 3. The fraction of sp³-hybridized carbons (Fsp3) is 0.500. The lowest BCUT2D eigenvalue weighted by molar-refractivity contribution is -0.137. The van der Waals surface area contributed by atoms with Crippen LogP contribution in [0.1, 0.15) is 50.4 Å². The molecule has 0 saturated carbocycles. The first-order chi connectivity index (χ1) is 14.3. The molecule has 0 saturated heterocycles. The van der Waals surface area contributed by atoms with E-state index in [1.54, 1.807) is 16.7 Å². The van der Waals surface area contributed by atoms with Crippen LogP contribution in [-0.4, -0.2) is 44.0 Å². The Hall–Kier alpha value is -1.77. The van der Waals surface area contributed by atoms with Crippen molar-refractivity contribution < 1.29 is 14.7 Å². The van der Waals surface area contributed by atoms with Crippen molar-refractivity contribution in [1.29, 1.82) is 0 Å². The highest BCUT2D eigenvalue weighted by atomic mass is 35.5. The van der Waals surface area contributed by atoms with Gasteiger partial charge in [-0.3, -0.25) is 14.2 Å². The molecule has 30 heavy (non-hydrogen) atoms. The largest absolute Gasteiger partial charge is 0.480 e. The van der Waals surface area contributed by atoms with Crippen LogP contribution in [0.4, 0.5) is 0 Å². The van der Waals surface area contributed by atoms with E-state index in [0.717, 1.165) is 24.8 Å². The number of benzene rings is 1. The molecular weight excluding hydrogens is 447 g/mol. The van der Waals surface area contributed by atoms with Crippen LogP contribution in [0.3, 0.4) is 0 Å². The van der Waals surface area contributed by atoms with Crippen molar-refractivity contribution in [2.24, 2.45) is 0 Å². The summed E-state index contributed by atoms with van der Waals surface area (Å²) < 4.78 is 1.55. The molecule has 0 aliphatic carbocycles. The van der Waals surface area contributed by atoms with Crippen LogP contribution in [-0.2, 0) is 22.6 Å². The first-order valence-electron chi connectivity index (χ1n) is 9.83. The Morgan fingerprint density at radius 1 is 1.23 bits per heavy atom. The number of carbonyl (C=O) groups is 2. The van der Waals surface area contributed by atoms with Crippen LogP contribution in [0, 0.1) is 0 Å². The standard InChI is InChI=1S/C20H26Cl2N4O3S/c1-3-5-13(15-8-7-14(21)9-16(15)22)10-23-18(27)12-30-20-25-24-17(6-4-2)26(20)11-19(28)29/h7-9,13H,3-6,10-12H2,1-2H3,(H,23,27)(H,28,29). The Bertz CT molecular complexity index is 876. The third-order valence-corrected chi connectivity index (χ3v) is 6.01. The summed E-state index contributed by atoms with van der Waals surface area (Å²) >= 11 is 13.5. The van der Waals surface area contributed by atoms with Gasteiger partial charge in [-0.05, 0) is 30.5 Å². The summed E-state index contributed by atoms with van der Waals surface area (Å²) in [5, 5.41) is 21.8. The topological polar surface area (TPSA) is 97.1 Å². The molecule has 1 heterocycles. The van der Waals surface area contributed by atoms with Gasteiger partial charge in [-0.2, -0.15) is 0 Å². The summed E-state index contributed by atoms with van der Waals surface area (Å²) in [6.07, 6.45) is 3.29. The second kappa shape index (κ2) is 12.2. The molecule has 7 nitrogen and oxygen atoms in total. The van der Waals surface area contributed by atoms with Gasteiger partial charge in [-0.1, -0.05) is 61.3 Å². The number of amides is 1. The third-order valence-electron chi connectivity index (χ3n) is 4.48. The van der Waals surface area contributed by atoms with E-state index in [2.05, 4.69) is 22.4 Å². The number of hydrogen-bond donors (Lipinski definition) is 2. The first-order valence-corrected chi connectivity index (χ1v) is 11.6. The van der Waals surface area contributed by atoms with Crippen molar-refractivity contribution in [3.8, 4) is 0 Å². The van der Waals surface area contributed by atoms with E-state index in [1.807, 2.05) is 13.0 Å². The molecule has 2 rings (SSSR count). The fourth-order valence-corrected chi connectivity index (χ4v) is 4.44. The molecule has 0 spiro atoms. The lowest BCUT2D eigenvalue weighted by atomic mass is 9.94. The maximum atomic E-state index is 12.4. The normalized spacial score (nSPS) is 12.0. The number of hydrogen-bond acceptors (Lipinski definition) is 5. The van der Waals surface area contributed by atoms with E-state index in [1.165, 1.54) is 11.8 Å². The Balaban J connectivity index is 1.97. The minimum Gasteiger partial charge on any atom is -0.480 e. The Kier molecular flexibility index (Phi) is 9.94. The molecule has 1 unspecified atom stereocenters. The quantitative estimate of drug-likeness (QED) is 0.443. The second-order valence-electron chi connectivity index (χ2n) is 6.87. The van der Waals surface area contributed by atoms with Crippen LogP contribution >= 0.6 is 35.0 Å². The number of carbonyl (C=O) groups excluding carboxylic acids is 1. The number of thioether (sulfide) groups is 1. The number of halogens is 2. The summed E-state index contributed by atoms with van der Waals surface area (Å²) in [5.74, 6) is -0.311. The average Bonchev–Trinajstić information content (AvgIpc) is 3.05. The van der Waals surface area contributed by atoms with Crippen LogP contribution in [0.5, 0.6) is 0 Å². The van der Waals surface area contributed by atoms with Crippen LogP contribution in [0.15, 0.2) is 23.4 Å². The molecule has 0 aliphatic heterocycles. The van der Waals surface area contributed by atoms with Crippen molar-refractivity contribution >= 4 is 46.8 Å². The number of nitrogens with one attached hydrogen (secondary N) is 1. The van der Waals surface area contributed by atoms with Crippen LogP contribution in [0.25, 0.3) is 0 Å². The van der Waals surface area contributed by atoms with E-state index in [9.17, 15) is 9.59 Å². The molecule has 1 atom stereocenters. The molecule has 0 aliphatic rings. The Morgan fingerprint density at radius 2 is 2.00 bits per heavy atom. The molecule has 0 fully saturated rings. The summed E-state index contributed by atoms with van der Waals surface area (Å²) in [6.45, 7) is 4.30. The molecule has 0 radical (unpaired) electrons. The van der Waals surface area contributed by atoms with Crippen LogP contribution in [0.2, 0.25) is 10.0 Å². The predicted octanol–water partition coefficient (Wildman–Crippen LogP) is 4.41. The molecule has 0 bridgehead atoms. The zero-order valence-electron chi connectivity index (χ0n) is 17.0. The summed E-state index contributed by atoms with van der Waals surface area (Å²) in [6, 6.07) is 5.41. The van der Waals surface area contributed by atoms with Gasteiger partial charge in [0.15, 0.2) is 5.16 Å². The number of carboxylic acids is 1. The second-order valence-corrected chi connectivity index (χ2v) is 8.66. The maximum absolute atomic E-state index is 12.4. The smallest absolute Gasteiger partial charge is 0.323 e. The molecule has 1 aromatic carbocycles. The van der Waals surface area contributed by atoms with Crippen molar-refractivity contribution in [3.63, 3.8) is 0 Å². The van der Waals surface area contributed by atoms with E-state index in [0.29, 0.717) is 34.0 Å². The number of aryl methyl sites for hydroxylation is 1. The van der Waals surface area contributed by atoms with Gasteiger partial charge in [-0.25, -0.2) is 0 Å². The third kappa shape index (κ3) is 7.18. The Labute approximate surface area is 190 Å². The zero-order chi connectivity index (χ0) is 22.1. The van der Waals surface area contributed by atoms with Crippen molar-refractivity contribution in [3.05, 3.63) is 39.6 Å². The van der Waals surface area contributed by atoms with E-state index >= 15 is 0 Å². The highest BCUT2D eigenvalue weighted by molar-refractivity contribution is 7.99. The molecule has 1 aromatic heterocycles. The minimum absolute atomic E-state index is 0.0838. The van der Waals surface area contributed by atoms with Gasteiger partial charge in [0.1, 0.15) is 12.4 Å². The average molecular weight is 473 g/mol. The first kappa shape index (κ1) is 24.5. The van der Waals surface area contributed by atoms with Crippen LogP contribution < -0.4 is 5.32 Å². The molecule has 2 N–H and O–H groups in total. The van der Waals surface area contributed by atoms with Gasteiger partial charge in [0.05, 0.1) is 5.75 Å². The summed E-state index contributed by atoms with van der Waals surface area (Å²) in [7, 11) is 0. The van der Waals surface area contributed by atoms with Crippen molar-refractivity contribution in [2.75, 3.05) is 12.3 Å². The molecule has 10 heteroatoms. The predicted molar refractivity (Wildman–Crippen MR) is 119 cm³/mol. The highest BCUT2D eigenvalue weighted by Gasteiger charge is 2.18. The fourth-order valence-electron chi connectivity index (χ4n) is 3.10. The minimum atomic E-state index is -0.972. The van der Waals surface area contributed by atoms with E-state index < -0.39 is 5.97 Å². The van der Waals surface area contributed by atoms with Gasteiger partial charge in [0, 0.05) is 28.9 Å². The van der Waals surface area contributed by atoms with Gasteiger partial charge < -0.3 is 10.4 Å². The van der Waals surface area contributed by atoms with Crippen molar-refractivity contribution in [1.82, 2.24) is 20.1 Å². The SMILES string of the molecule is CCCc1nnc(SCC(=O)NCC(CCC)c2ccc(Cl)cc2Cl)n1CC(=O)O. The van der Waals surface area contributed by atoms with Gasteiger partial charge >= 0.3 is 5.97 Å². The number of aromatic nitrogens is 3. The molecule has 164 valence electrons.